The zero-order chi connectivity index (χ0) is 37.4. The van der Waals surface area contributed by atoms with E-state index < -0.39 is 6.29 Å². The van der Waals surface area contributed by atoms with E-state index in [1.807, 2.05) is 0 Å². The number of nitrogens with one attached hydrogen (secondary N) is 4. The van der Waals surface area contributed by atoms with Gasteiger partial charge in [-0.15, -0.1) is 0 Å². The van der Waals surface area contributed by atoms with Gasteiger partial charge in [0.1, 0.15) is 0 Å². The Kier molecular flexibility index (Phi) is 32.5. The van der Waals surface area contributed by atoms with Crippen LogP contribution in [-0.2, 0) is 4.74 Å². The Morgan fingerprint density at radius 3 is 1.55 bits per heavy atom. The molecule has 51 heavy (non-hydrogen) atoms. The molecule has 0 radical (unpaired) electrons. The molecule has 0 spiro atoms. The topological polar surface area (TPSA) is 151 Å². The molecule has 9 N–H and O–H groups in total. The molecule has 7 saturated heterocycles. The lowest BCUT2D eigenvalue weighted by Crippen LogP contribution is -2.33. The average molecular weight is 730 g/mol. The molecule has 4 unspecified atom stereocenters. The molecule has 7 aliphatic rings. The van der Waals surface area contributed by atoms with E-state index in [9.17, 15) is 0 Å². The number of nitrogens with two attached hydrogens (primary N) is 1. The quantitative estimate of drug-likeness (QED) is 0.154. The lowest BCUT2D eigenvalue weighted by molar-refractivity contribution is -0.0933. The molecule has 0 saturated carbocycles. The summed E-state index contributed by atoms with van der Waals surface area (Å²) in [6.45, 7) is 15.0. The van der Waals surface area contributed by atoms with Crippen molar-refractivity contribution in [2.75, 3.05) is 86.2 Å². The zero-order valence-corrected chi connectivity index (χ0v) is 33.9. The molecule has 0 aromatic rings. The van der Waals surface area contributed by atoms with Gasteiger partial charge in [0, 0.05) is 43.8 Å². The monoisotopic (exact) mass is 730 g/mol. The molecular weight excluding hydrogens is 642 g/mol. The van der Waals surface area contributed by atoms with E-state index in [2.05, 4.69) is 63.7 Å². The van der Waals surface area contributed by atoms with Crippen molar-refractivity contribution >= 4 is 0 Å². The van der Waals surface area contributed by atoms with Gasteiger partial charge in [0.25, 0.3) is 0 Å². The number of ether oxygens (including phenoxy) is 1. The molecule has 7 aliphatic heterocycles. The fraction of sp³-hybridized carbons (Fsp3) is 1.00. The first kappa shape index (κ1) is 48.6. The van der Waals surface area contributed by atoms with Crippen LogP contribution in [0.4, 0.5) is 0 Å². The maximum atomic E-state index is 9.00. The van der Waals surface area contributed by atoms with Gasteiger partial charge in [-0.2, -0.15) is 0 Å². The summed E-state index contributed by atoms with van der Waals surface area (Å²) < 4.78 is 4.62. The molecule has 7 heterocycles. The summed E-state index contributed by atoms with van der Waals surface area (Å²) in [4.78, 5) is 4.60. The highest BCUT2D eigenvalue weighted by molar-refractivity contribution is 4.87. The van der Waals surface area contributed by atoms with Crippen LogP contribution in [0.5, 0.6) is 0 Å². The molecule has 11 heteroatoms. The summed E-state index contributed by atoms with van der Waals surface area (Å²) in [5.74, 6) is 0. The number of likely N-dealkylation sites (tertiary alicyclic amines) is 2. The summed E-state index contributed by atoms with van der Waals surface area (Å²) in [5, 5.41) is 39.1. The van der Waals surface area contributed by atoms with Crippen molar-refractivity contribution < 1.29 is 20.1 Å². The Bertz CT molecular complexity index is 673. The van der Waals surface area contributed by atoms with E-state index in [0.717, 1.165) is 50.1 Å². The fourth-order valence-electron chi connectivity index (χ4n) is 7.21. The third-order valence-corrected chi connectivity index (χ3v) is 10.7. The minimum Gasteiger partial charge on any atom is -0.393 e. The number of rotatable bonds is 5. The fourth-order valence-corrected chi connectivity index (χ4v) is 7.21. The second-order valence-corrected chi connectivity index (χ2v) is 15.7. The highest BCUT2D eigenvalue weighted by Gasteiger charge is 2.26. The van der Waals surface area contributed by atoms with E-state index >= 15 is 0 Å². The molecule has 0 amide bonds. The summed E-state index contributed by atoms with van der Waals surface area (Å²) in [5.41, 5.74) is 5.03. The van der Waals surface area contributed by atoms with Gasteiger partial charge in [-0.3, -0.25) is 0 Å². The average Bonchev–Trinajstić information content (AvgIpc) is 3.79. The Labute approximate surface area is 315 Å². The van der Waals surface area contributed by atoms with Gasteiger partial charge >= 0.3 is 0 Å². The van der Waals surface area contributed by atoms with Crippen LogP contribution in [0.1, 0.15) is 136 Å². The number of hydrogen-bond donors (Lipinski definition) is 8. The van der Waals surface area contributed by atoms with Crippen LogP contribution in [0, 0.1) is 0 Å². The number of fused-ring (bicyclic) bond motifs is 2. The van der Waals surface area contributed by atoms with Gasteiger partial charge in [0.15, 0.2) is 6.29 Å². The number of aliphatic hydroxyl groups excluding tert-OH is 2. The molecule has 7 fully saturated rings. The van der Waals surface area contributed by atoms with Crippen molar-refractivity contribution in [2.24, 2.45) is 5.73 Å². The minimum atomic E-state index is -1.37. The predicted octanol–water partition coefficient (Wildman–Crippen LogP) is 3.80. The van der Waals surface area contributed by atoms with Gasteiger partial charge in [-0.1, -0.05) is 32.6 Å². The summed E-state index contributed by atoms with van der Waals surface area (Å²) in [6.07, 6.45) is 24.5. The van der Waals surface area contributed by atoms with Gasteiger partial charge in [-0.05, 0) is 157 Å². The van der Waals surface area contributed by atoms with Crippen LogP contribution in [0.3, 0.4) is 0 Å². The molecule has 0 aromatic carbocycles. The molecule has 7 rings (SSSR count). The minimum absolute atomic E-state index is 0.0220. The van der Waals surface area contributed by atoms with E-state index in [4.69, 9.17) is 21.1 Å². The Balaban J connectivity index is 0.000000298. The zero-order valence-electron chi connectivity index (χ0n) is 33.9. The van der Waals surface area contributed by atoms with Crippen LogP contribution in [0.15, 0.2) is 0 Å². The van der Waals surface area contributed by atoms with E-state index in [1.54, 1.807) is 0 Å². The number of hydrogen-bond acceptors (Lipinski definition) is 11. The highest BCUT2D eigenvalue weighted by atomic mass is 16.5. The Hall–Kier alpha value is -0.440. The smallest absolute Gasteiger partial charge is 0.175 e. The van der Waals surface area contributed by atoms with Crippen molar-refractivity contribution in [2.45, 2.75) is 172 Å². The van der Waals surface area contributed by atoms with E-state index in [1.165, 1.54) is 148 Å². The second kappa shape index (κ2) is 34.1. The van der Waals surface area contributed by atoms with Gasteiger partial charge in [-0.25, -0.2) is 0 Å². The third kappa shape index (κ3) is 30.6. The number of aliphatic hydroxyl groups is 3. The highest BCUT2D eigenvalue weighted by Crippen LogP contribution is 2.25. The second-order valence-electron chi connectivity index (χ2n) is 15.7. The van der Waals surface area contributed by atoms with Gasteiger partial charge in [0.05, 0.1) is 19.3 Å². The van der Waals surface area contributed by atoms with Crippen molar-refractivity contribution in [1.82, 2.24) is 31.1 Å². The van der Waals surface area contributed by atoms with E-state index in [0.29, 0.717) is 13.2 Å². The Morgan fingerprint density at radius 2 is 1.24 bits per heavy atom. The first-order valence-corrected chi connectivity index (χ1v) is 21.4. The molecule has 11 nitrogen and oxygen atoms in total. The van der Waals surface area contributed by atoms with Crippen molar-refractivity contribution in [3.8, 4) is 0 Å². The maximum absolute atomic E-state index is 9.00. The van der Waals surface area contributed by atoms with Gasteiger partial charge < -0.3 is 56.9 Å². The van der Waals surface area contributed by atoms with Crippen molar-refractivity contribution in [1.29, 1.82) is 0 Å². The summed E-state index contributed by atoms with van der Waals surface area (Å²) in [7, 11) is 4.26. The number of piperidine rings is 5. The SMILES string of the molecule is C1CC2CCC(C1)N2.C1CCNCC1.CC1CCCCN1.CCC1CCCCN1.CN1CCC(O)CC1.CN1CCCC1.NCCOCC(O)O. The number of nitrogens with zero attached hydrogens (tertiary/aromatic N) is 2. The Morgan fingerprint density at radius 1 is 0.667 bits per heavy atom. The molecule has 0 aliphatic carbocycles. The first-order chi connectivity index (χ1) is 24.7. The van der Waals surface area contributed by atoms with Crippen LogP contribution in [0.25, 0.3) is 0 Å². The molecular formula is C40H87N7O4. The normalized spacial score (nSPS) is 27.9. The van der Waals surface area contributed by atoms with Crippen LogP contribution < -0.4 is 27.0 Å². The van der Waals surface area contributed by atoms with Crippen LogP contribution in [0.2, 0.25) is 0 Å². The van der Waals surface area contributed by atoms with Crippen LogP contribution in [-0.4, -0.2) is 148 Å². The van der Waals surface area contributed by atoms with E-state index in [-0.39, 0.29) is 12.7 Å². The predicted molar refractivity (Wildman–Crippen MR) is 215 cm³/mol. The van der Waals surface area contributed by atoms with Crippen molar-refractivity contribution in [3.05, 3.63) is 0 Å². The third-order valence-electron chi connectivity index (χ3n) is 10.7. The maximum Gasteiger partial charge on any atom is 0.175 e. The molecule has 4 atom stereocenters. The van der Waals surface area contributed by atoms with Gasteiger partial charge in [0.2, 0.25) is 0 Å². The molecule has 306 valence electrons. The first-order valence-electron chi connectivity index (χ1n) is 21.4. The lowest BCUT2D eigenvalue weighted by Gasteiger charge is -2.25. The largest absolute Gasteiger partial charge is 0.393 e. The summed E-state index contributed by atoms with van der Waals surface area (Å²) >= 11 is 0. The van der Waals surface area contributed by atoms with Crippen LogP contribution >= 0.6 is 0 Å². The molecule has 2 bridgehead atoms. The standard InChI is InChI=1S/C7H13N.C7H15N.C6H13NO.C6H13N.2C5H11N.C4H11NO3/c1-2-6-4-5-7(3-1)8-6;1-2-7-5-3-4-6-8-7;1-7-4-2-6(8)3-5-7;1-6-4-2-3-5-7-6;1-6-4-2-3-5-6;1-2-4-6-5-3-1;5-1-2-8-3-4(6)7/h6-8H,1-5H2;7-8H,2-6H2,1H3;6,8H,2-5H2,1H3;6-7H,2-5H2,1H3;2-5H2,1H3;6H,1-5H2;4,6-7H,1-3,5H2. The van der Waals surface area contributed by atoms with Crippen molar-refractivity contribution in [3.63, 3.8) is 0 Å². The molecule has 0 aromatic heterocycles. The lowest BCUT2D eigenvalue weighted by atomic mass is 10.0. The summed E-state index contributed by atoms with van der Waals surface area (Å²) in [6, 6.07) is 3.44.